The normalized spacial score (nSPS) is 18.9. The molecule has 0 spiro atoms. The zero-order valence-corrected chi connectivity index (χ0v) is 22.8. The van der Waals surface area contributed by atoms with Crippen LogP contribution in [0.4, 0.5) is 22.0 Å². The summed E-state index contributed by atoms with van der Waals surface area (Å²) in [5.41, 5.74) is 3.14. The van der Waals surface area contributed by atoms with Gasteiger partial charge in [0.2, 0.25) is 0 Å². The summed E-state index contributed by atoms with van der Waals surface area (Å²) in [5.74, 6) is 1.15. The second-order valence-corrected chi connectivity index (χ2v) is 13.0. The van der Waals surface area contributed by atoms with Crippen LogP contribution in [0.3, 0.4) is 0 Å². The number of aromatic amines is 1. The van der Waals surface area contributed by atoms with Crippen LogP contribution in [0.1, 0.15) is 45.0 Å². The number of carbonyl (C=O) groups is 1. The third kappa shape index (κ3) is 4.85. The van der Waals surface area contributed by atoms with E-state index in [4.69, 9.17) is 14.7 Å². The molecule has 12 heteroatoms. The minimum atomic E-state index is -3.42. The third-order valence-corrected chi connectivity index (χ3v) is 10.1. The fourth-order valence-electron chi connectivity index (χ4n) is 4.73. The lowest BCUT2D eigenvalue weighted by molar-refractivity contribution is 0.0985. The van der Waals surface area contributed by atoms with Gasteiger partial charge in [-0.2, -0.15) is 5.10 Å². The minimum absolute atomic E-state index is 0.0974. The Morgan fingerprint density at radius 1 is 1.18 bits per heavy atom. The molecule has 11 nitrogen and oxygen atoms in total. The van der Waals surface area contributed by atoms with Gasteiger partial charge in [0.25, 0.3) is 0 Å². The van der Waals surface area contributed by atoms with E-state index >= 15 is 0 Å². The standard InChI is InChI=1S/C26H33N7O4S/c1-16(2)38(35,36)26(9-10-26)22-13-23(33-11-12-37-15-17(33)3)31-24(30-22)19-5-7-20(8-6-19)28-25(34)29-21-14-27-32-18(21)4/h5-8,13-14,16-17H,9-12,15H2,1-4H3,(H,27,32)(H2,28,29,34)/t17-/m0/s1. The molecule has 0 bridgehead atoms. The first-order valence-corrected chi connectivity index (χ1v) is 14.3. The van der Waals surface area contributed by atoms with Crippen LogP contribution in [-0.2, 0) is 19.3 Å². The number of anilines is 3. The number of benzene rings is 1. The van der Waals surface area contributed by atoms with Crippen LogP contribution < -0.4 is 15.5 Å². The summed E-state index contributed by atoms with van der Waals surface area (Å²) in [4.78, 5) is 24.2. The average Bonchev–Trinajstić information content (AvgIpc) is 3.63. The summed E-state index contributed by atoms with van der Waals surface area (Å²) >= 11 is 0. The van der Waals surface area contributed by atoms with Crippen LogP contribution in [-0.4, -0.2) is 65.7 Å². The van der Waals surface area contributed by atoms with Gasteiger partial charge in [0, 0.05) is 30.1 Å². The second kappa shape index (κ2) is 9.99. The number of hydrogen-bond acceptors (Lipinski definition) is 8. The molecule has 3 aromatic rings. The maximum absolute atomic E-state index is 13.4. The Kier molecular flexibility index (Phi) is 6.86. The van der Waals surface area contributed by atoms with E-state index in [9.17, 15) is 13.2 Å². The number of aromatic nitrogens is 4. The van der Waals surface area contributed by atoms with Gasteiger partial charge in [-0.05, 0) is 64.8 Å². The Balaban J connectivity index is 1.46. The lowest BCUT2D eigenvalue weighted by atomic mass is 10.1. The summed E-state index contributed by atoms with van der Waals surface area (Å²) in [5, 5.41) is 11.7. The fraction of sp³-hybridized carbons (Fsp3) is 0.462. The third-order valence-electron chi connectivity index (χ3n) is 7.19. The summed E-state index contributed by atoms with van der Waals surface area (Å²) in [7, 11) is -3.42. The van der Waals surface area contributed by atoms with E-state index in [0.29, 0.717) is 67.0 Å². The molecular weight excluding hydrogens is 506 g/mol. The molecule has 1 aliphatic heterocycles. The maximum atomic E-state index is 13.4. The smallest absolute Gasteiger partial charge is 0.323 e. The lowest BCUT2D eigenvalue weighted by Crippen LogP contribution is -2.44. The number of ether oxygens (including phenoxy) is 1. The van der Waals surface area contributed by atoms with E-state index < -0.39 is 25.9 Å². The number of nitrogens with one attached hydrogen (secondary N) is 3. The second-order valence-electron chi connectivity index (χ2n) is 10.2. The van der Waals surface area contributed by atoms with Gasteiger partial charge in [-0.3, -0.25) is 5.10 Å². The van der Waals surface area contributed by atoms with Gasteiger partial charge in [-0.25, -0.2) is 23.2 Å². The minimum Gasteiger partial charge on any atom is -0.377 e. The maximum Gasteiger partial charge on any atom is 0.323 e. The van der Waals surface area contributed by atoms with Gasteiger partial charge < -0.3 is 20.3 Å². The molecule has 0 unspecified atom stereocenters. The molecule has 3 N–H and O–H groups in total. The van der Waals surface area contributed by atoms with Crippen molar-refractivity contribution in [1.82, 2.24) is 20.2 Å². The van der Waals surface area contributed by atoms with Crippen molar-refractivity contribution >= 4 is 33.1 Å². The van der Waals surface area contributed by atoms with Gasteiger partial charge in [0.15, 0.2) is 15.7 Å². The number of carbonyl (C=O) groups excluding carboxylic acids is 1. The van der Waals surface area contributed by atoms with Crippen molar-refractivity contribution in [1.29, 1.82) is 0 Å². The van der Waals surface area contributed by atoms with Crippen molar-refractivity contribution in [2.45, 2.75) is 56.6 Å². The van der Waals surface area contributed by atoms with Crippen molar-refractivity contribution in [3.05, 3.63) is 47.9 Å². The molecule has 2 aliphatic rings. The number of nitrogens with zero attached hydrogens (tertiary/aromatic N) is 4. The Morgan fingerprint density at radius 3 is 2.53 bits per heavy atom. The highest BCUT2D eigenvalue weighted by molar-refractivity contribution is 7.93. The van der Waals surface area contributed by atoms with Crippen LogP contribution in [0, 0.1) is 6.92 Å². The highest BCUT2D eigenvalue weighted by atomic mass is 32.2. The molecule has 38 heavy (non-hydrogen) atoms. The summed E-state index contributed by atoms with van der Waals surface area (Å²) in [6.07, 6.45) is 2.72. The fourth-order valence-corrected chi connectivity index (χ4v) is 6.70. The molecule has 1 saturated carbocycles. The quantitative estimate of drug-likeness (QED) is 0.411. The molecule has 2 fully saturated rings. The van der Waals surface area contributed by atoms with Crippen LogP contribution in [0.5, 0.6) is 0 Å². The molecule has 1 atom stereocenters. The van der Waals surface area contributed by atoms with E-state index in [2.05, 4.69) is 32.7 Å². The van der Waals surface area contributed by atoms with Crippen molar-refractivity contribution in [2.75, 3.05) is 35.3 Å². The van der Waals surface area contributed by atoms with E-state index in [-0.39, 0.29) is 6.04 Å². The highest BCUT2D eigenvalue weighted by Crippen LogP contribution is 2.54. The van der Waals surface area contributed by atoms with E-state index in [0.717, 1.165) is 5.56 Å². The number of hydrogen-bond donors (Lipinski definition) is 3. The number of sulfone groups is 1. The number of amides is 2. The molecule has 2 aromatic heterocycles. The summed E-state index contributed by atoms with van der Waals surface area (Å²) in [6.45, 7) is 9.11. The van der Waals surface area contributed by atoms with Crippen LogP contribution in [0.2, 0.25) is 0 Å². The Morgan fingerprint density at radius 2 is 1.92 bits per heavy atom. The van der Waals surface area contributed by atoms with Crippen molar-refractivity contribution in [3.63, 3.8) is 0 Å². The average molecular weight is 540 g/mol. The number of aryl methyl sites for hydroxylation is 1. The molecule has 2 amide bonds. The number of rotatable bonds is 7. The van der Waals surface area contributed by atoms with E-state index in [1.807, 2.05) is 18.2 Å². The zero-order chi connectivity index (χ0) is 27.1. The monoisotopic (exact) mass is 539 g/mol. The van der Waals surface area contributed by atoms with Gasteiger partial charge in [0.05, 0.1) is 41.6 Å². The van der Waals surface area contributed by atoms with Crippen LogP contribution >= 0.6 is 0 Å². The van der Waals surface area contributed by atoms with Crippen molar-refractivity contribution in [2.24, 2.45) is 0 Å². The number of morpholine rings is 1. The SMILES string of the molecule is Cc1n[nH]cc1NC(=O)Nc1ccc(-c2nc(N3CCOC[C@@H]3C)cc(C3(S(=O)(=O)C(C)C)CC3)n2)cc1. The summed E-state index contributed by atoms with van der Waals surface area (Å²) in [6, 6.07) is 8.72. The topological polar surface area (TPSA) is 142 Å². The highest BCUT2D eigenvalue weighted by Gasteiger charge is 2.58. The predicted octanol–water partition coefficient (Wildman–Crippen LogP) is 3.86. The van der Waals surface area contributed by atoms with E-state index in [1.165, 1.54) is 0 Å². The van der Waals surface area contributed by atoms with Gasteiger partial charge in [-0.15, -0.1) is 0 Å². The van der Waals surface area contributed by atoms with Crippen molar-refractivity contribution < 1.29 is 17.9 Å². The van der Waals surface area contributed by atoms with Gasteiger partial charge in [-0.1, -0.05) is 0 Å². The molecule has 1 aromatic carbocycles. The molecule has 5 rings (SSSR count). The Bertz CT molecular complexity index is 1430. The first-order valence-electron chi connectivity index (χ1n) is 12.8. The Hall–Kier alpha value is -3.51. The summed E-state index contributed by atoms with van der Waals surface area (Å²) < 4.78 is 31.3. The molecule has 202 valence electrons. The van der Waals surface area contributed by atoms with Crippen molar-refractivity contribution in [3.8, 4) is 11.4 Å². The zero-order valence-electron chi connectivity index (χ0n) is 22.0. The van der Waals surface area contributed by atoms with Crippen LogP contribution in [0.15, 0.2) is 36.5 Å². The molecule has 0 radical (unpaired) electrons. The molecular formula is C26H33N7O4S. The first-order chi connectivity index (χ1) is 18.1. The molecule has 1 aliphatic carbocycles. The first kappa shape index (κ1) is 26.1. The number of urea groups is 1. The van der Waals surface area contributed by atoms with Gasteiger partial charge in [0.1, 0.15) is 10.6 Å². The Labute approximate surface area is 222 Å². The number of H-pyrrole nitrogens is 1. The molecule has 3 heterocycles. The predicted molar refractivity (Wildman–Crippen MR) is 146 cm³/mol. The largest absolute Gasteiger partial charge is 0.377 e. The lowest BCUT2D eigenvalue weighted by Gasteiger charge is -2.35. The van der Waals surface area contributed by atoms with Crippen LogP contribution in [0.25, 0.3) is 11.4 Å². The molecule has 1 saturated heterocycles. The van der Waals surface area contributed by atoms with E-state index in [1.54, 1.807) is 39.1 Å². The van der Waals surface area contributed by atoms with Gasteiger partial charge >= 0.3 is 6.03 Å².